The van der Waals surface area contributed by atoms with E-state index in [1.165, 1.54) is 19.2 Å². The van der Waals surface area contributed by atoms with Crippen molar-refractivity contribution >= 4 is 39.0 Å². The number of nitrogens with one attached hydrogen (secondary N) is 1. The van der Waals surface area contributed by atoms with Crippen LogP contribution in [0.4, 0.5) is 5.69 Å². The SMILES string of the molecule is COC(=O)c1cc(NC(=O)C(c2ccccc2)N2CCS(=O)(=O)CC2)ccc1Cl. The fourth-order valence-electron chi connectivity index (χ4n) is 3.23. The second kappa shape index (κ2) is 8.94. The molecular formula is C20H21ClN2O5S. The van der Waals surface area contributed by atoms with Crippen LogP contribution in [0, 0.1) is 0 Å². The van der Waals surface area contributed by atoms with E-state index in [4.69, 9.17) is 16.3 Å². The Kier molecular flexibility index (Phi) is 6.56. The molecule has 0 radical (unpaired) electrons. The van der Waals surface area contributed by atoms with Crippen molar-refractivity contribution in [2.24, 2.45) is 0 Å². The lowest BCUT2D eigenvalue weighted by Gasteiger charge is -2.33. The van der Waals surface area contributed by atoms with E-state index in [1.807, 2.05) is 35.2 Å². The van der Waals surface area contributed by atoms with Crippen molar-refractivity contribution in [2.45, 2.75) is 6.04 Å². The molecule has 1 aliphatic rings. The normalized spacial score (nSPS) is 17.3. The summed E-state index contributed by atoms with van der Waals surface area (Å²) >= 11 is 6.03. The monoisotopic (exact) mass is 436 g/mol. The maximum absolute atomic E-state index is 13.2. The van der Waals surface area contributed by atoms with Crippen molar-refractivity contribution in [1.29, 1.82) is 0 Å². The van der Waals surface area contributed by atoms with Gasteiger partial charge in [0.15, 0.2) is 9.84 Å². The number of rotatable bonds is 5. The van der Waals surface area contributed by atoms with Crippen LogP contribution in [0.3, 0.4) is 0 Å². The highest BCUT2D eigenvalue weighted by atomic mass is 35.5. The summed E-state index contributed by atoms with van der Waals surface area (Å²) in [6.45, 7) is 0.534. The molecule has 3 rings (SSSR count). The molecule has 2 aromatic carbocycles. The number of esters is 1. The first kappa shape index (κ1) is 21.3. The zero-order valence-electron chi connectivity index (χ0n) is 15.8. The molecule has 1 unspecified atom stereocenters. The van der Waals surface area contributed by atoms with E-state index in [1.54, 1.807) is 6.07 Å². The van der Waals surface area contributed by atoms with Gasteiger partial charge in [-0.05, 0) is 23.8 Å². The molecular weight excluding hydrogens is 416 g/mol. The fourth-order valence-corrected chi connectivity index (χ4v) is 4.65. The summed E-state index contributed by atoms with van der Waals surface area (Å²) in [5, 5.41) is 3.03. The van der Waals surface area contributed by atoms with Crippen molar-refractivity contribution in [3.8, 4) is 0 Å². The standard InChI is InChI=1S/C20H21ClN2O5S/c1-28-20(25)16-13-15(7-8-17(16)21)22-19(24)18(14-5-3-2-4-6-14)23-9-11-29(26,27)12-10-23/h2-8,13,18H,9-12H2,1H3,(H,22,24). The number of hydrogen-bond donors (Lipinski definition) is 1. The molecule has 2 aromatic rings. The smallest absolute Gasteiger partial charge is 0.339 e. The number of hydrogen-bond acceptors (Lipinski definition) is 6. The van der Waals surface area contributed by atoms with Crippen molar-refractivity contribution in [3.05, 3.63) is 64.7 Å². The van der Waals surface area contributed by atoms with Gasteiger partial charge < -0.3 is 10.1 Å². The third kappa shape index (κ3) is 5.14. The van der Waals surface area contributed by atoms with Crippen LogP contribution in [-0.2, 0) is 19.4 Å². The third-order valence-electron chi connectivity index (χ3n) is 4.75. The lowest BCUT2D eigenvalue weighted by molar-refractivity contribution is -0.121. The zero-order chi connectivity index (χ0) is 21.0. The average Bonchev–Trinajstić information content (AvgIpc) is 2.71. The summed E-state index contributed by atoms with van der Waals surface area (Å²) in [7, 11) is -1.83. The van der Waals surface area contributed by atoms with Crippen LogP contribution in [0.25, 0.3) is 0 Å². The van der Waals surface area contributed by atoms with Crippen LogP contribution >= 0.6 is 11.6 Å². The number of sulfone groups is 1. The maximum atomic E-state index is 13.2. The van der Waals surface area contributed by atoms with Crippen molar-refractivity contribution in [1.82, 2.24) is 4.90 Å². The highest BCUT2D eigenvalue weighted by molar-refractivity contribution is 7.91. The lowest BCUT2D eigenvalue weighted by atomic mass is 10.0. The molecule has 0 bridgehead atoms. The molecule has 0 aromatic heterocycles. The Balaban J connectivity index is 1.87. The summed E-state index contributed by atoms with van der Waals surface area (Å²) in [4.78, 5) is 26.9. The van der Waals surface area contributed by atoms with Gasteiger partial charge in [-0.3, -0.25) is 9.69 Å². The Morgan fingerprint density at radius 2 is 1.76 bits per heavy atom. The van der Waals surface area contributed by atoms with Gasteiger partial charge in [-0.15, -0.1) is 0 Å². The topological polar surface area (TPSA) is 92.8 Å². The molecule has 7 nitrogen and oxygen atoms in total. The van der Waals surface area contributed by atoms with E-state index < -0.39 is 21.8 Å². The number of anilines is 1. The first-order chi connectivity index (χ1) is 13.8. The van der Waals surface area contributed by atoms with Crippen LogP contribution in [0.5, 0.6) is 0 Å². The highest BCUT2D eigenvalue weighted by Crippen LogP contribution is 2.26. The predicted octanol–water partition coefficient (Wildman–Crippen LogP) is 2.54. The van der Waals surface area contributed by atoms with Gasteiger partial charge in [0.05, 0.1) is 29.2 Å². The van der Waals surface area contributed by atoms with Crippen molar-refractivity contribution in [2.75, 3.05) is 37.0 Å². The zero-order valence-corrected chi connectivity index (χ0v) is 17.4. The first-order valence-electron chi connectivity index (χ1n) is 8.99. The summed E-state index contributed by atoms with van der Waals surface area (Å²) < 4.78 is 28.3. The number of amides is 1. The molecule has 1 heterocycles. The summed E-state index contributed by atoms with van der Waals surface area (Å²) in [5.74, 6) is -0.908. The molecule has 9 heteroatoms. The Bertz CT molecular complexity index is 997. The largest absolute Gasteiger partial charge is 0.465 e. The summed E-state index contributed by atoms with van der Waals surface area (Å²) in [6.07, 6.45) is 0. The molecule has 1 saturated heterocycles. The Labute approximate surface area is 174 Å². The van der Waals surface area contributed by atoms with Crippen LogP contribution in [0.2, 0.25) is 5.02 Å². The number of benzene rings is 2. The number of halogens is 1. The van der Waals surface area contributed by atoms with Gasteiger partial charge in [0.25, 0.3) is 0 Å². The van der Waals surface area contributed by atoms with Crippen LogP contribution in [0.15, 0.2) is 48.5 Å². The fraction of sp³-hybridized carbons (Fsp3) is 0.300. The molecule has 0 spiro atoms. The molecule has 1 fully saturated rings. The van der Waals surface area contributed by atoms with E-state index in [2.05, 4.69) is 5.32 Å². The van der Waals surface area contributed by atoms with Crippen LogP contribution in [0.1, 0.15) is 22.0 Å². The van der Waals surface area contributed by atoms with Gasteiger partial charge in [-0.25, -0.2) is 13.2 Å². The minimum absolute atomic E-state index is 0.0110. The number of carbonyl (C=O) groups is 2. The van der Waals surface area contributed by atoms with Gasteiger partial charge in [0.2, 0.25) is 5.91 Å². The highest BCUT2D eigenvalue weighted by Gasteiger charge is 2.32. The van der Waals surface area contributed by atoms with Gasteiger partial charge in [0.1, 0.15) is 6.04 Å². The van der Waals surface area contributed by atoms with Gasteiger partial charge in [-0.1, -0.05) is 41.9 Å². The molecule has 0 aliphatic carbocycles. The summed E-state index contributed by atoms with van der Waals surface area (Å²) in [5.41, 5.74) is 1.30. The maximum Gasteiger partial charge on any atom is 0.339 e. The van der Waals surface area contributed by atoms with E-state index in [0.29, 0.717) is 5.69 Å². The van der Waals surface area contributed by atoms with Crippen LogP contribution < -0.4 is 5.32 Å². The molecule has 29 heavy (non-hydrogen) atoms. The van der Waals surface area contributed by atoms with E-state index in [0.717, 1.165) is 5.56 Å². The molecule has 154 valence electrons. The first-order valence-corrected chi connectivity index (χ1v) is 11.2. The minimum atomic E-state index is -3.08. The molecule has 1 amide bonds. The number of methoxy groups -OCH3 is 1. The van der Waals surface area contributed by atoms with E-state index in [-0.39, 0.29) is 41.1 Å². The van der Waals surface area contributed by atoms with Crippen molar-refractivity contribution < 1.29 is 22.7 Å². The Morgan fingerprint density at radius 1 is 1.10 bits per heavy atom. The summed E-state index contributed by atoms with van der Waals surface area (Å²) in [6, 6.07) is 13.1. The number of nitrogens with zero attached hydrogens (tertiary/aromatic N) is 1. The molecule has 1 atom stereocenters. The minimum Gasteiger partial charge on any atom is -0.465 e. The quantitative estimate of drug-likeness (QED) is 0.724. The predicted molar refractivity (Wildman–Crippen MR) is 111 cm³/mol. The Hall–Kier alpha value is -2.42. The van der Waals surface area contributed by atoms with Gasteiger partial charge in [0, 0.05) is 18.8 Å². The number of carbonyl (C=O) groups excluding carboxylic acids is 2. The van der Waals surface area contributed by atoms with Crippen molar-refractivity contribution in [3.63, 3.8) is 0 Å². The van der Waals surface area contributed by atoms with E-state index in [9.17, 15) is 18.0 Å². The molecule has 1 N–H and O–H groups in total. The lowest BCUT2D eigenvalue weighted by Crippen LogP contribution is -2.46. The van der Waals surface area contributed by atoms with Crippen LogP contribution in [-0.4, -0.2) is 56.9 Å². The molecule has 0 saturated carbocycles. The third-order valence-corrected chi connectivity index (χ3v) is 6.69. The average molecular weight is 437 g/mol. The second-order valence-corrected chi connectivity index (χ2v) is 9.39. The van der Waals surface area contributed by atoms with Gasteiger partial charge >= 0.3 is 5.97 Å². The van der Waals surface area contributed by atoms with Gasteiger partial charge in [-0.2, -0.15) is 0 Å². The Morgan fingerprint density at radius 3 is 2.38 bits per heavy atom. The number of ether oxygens (including phenoxy) is 1. The second-order valence-electron chi connectivity index (χ2n) is 6.68. The molecule has 1 aliphatic heterocycles. The van der Waals surface area contributed by atoms with E-state index >= 15 is 0 Å².